The van der Waals surface area contributed by atoms with Gasteiger partial charge in [-0.25, -0.2) is 4.98 Å². The predicted octanol–water partition coefficient (Wildman–Crippen LogP) is 3.85. The molecule has 0 aliphatic carbocycles. The monoisotopic (exact) mass is 468 g/mol. The van der Waals surface area contributed by atoms with E-state index in [0.717, 1.165) is 25.2 Å². The lowest BCUT2D eigenvalue weighted by molar-refractivity contribution is -0.0704. The van der Waals surface area contributed by atoms with Crippen molar-refractivity contribution in [2.24, 2.45) is 0 Å². The maximum atomic E-state index is 13.1. The molecular formula is C25H29ClN4O3. The lowest BCUT2D eigenvalue weighted by atomic mass is 10.1. The third kappa shape index (κ3) is 5.61. The normalized spacial score (nSPS) is 19.0. The Morgan fingerprint density at radius 2 is 1.88 bits per heavy atom. The van der Waals surface area contributed by atoms with Crippen LogP contribution in [-0.2, 0) is 17.8 Å². The van der Waals surface area contributed by atoms with Crippen LogP contribution in [0.5, 0.6) is 0 Å². The Morgan fingerprint density at radius 1 is 1.18 bits per heavy atom. The van der Waals surface area contributed by atoms with Gasteiger partial charge in [-0.3, -0.25) is 14.5 Å². The van der Waals surface area contributed by atoms with Crippen LogP contribution in [0.15, 0.2) is 47.3 Å². The number of morpholine rings is 1. The van der Waals surface area contributed by atoms with Crippen LogP contribution in [0.3, 0.4) is 0 Å². The molecule has 0 bridgehead atoms. The summed E-state index contributed by atoms with van der Waals surface area (Å²) in [7, 11) is 0. The maximum Gasteiger partial charge on any atom is 0.258 e. The quantitative estimate of drug-likeness (QED) is 0.594. The summed E-state index contributed by atoms with van der Waals surface area (Å²) in [4.78, 5) is 36.9. The molecule has 4 rings (SSSR count). The SMILES string of the molecule is CCN(Cc1nc2cc(Cl)ccc2c(=O)[nH]1)C(=O)c1ccc(CN2C[C@@H](C)O[C@@H](C)C2)cc1. The highest BCUT2D eigenvalue weighted by molar-refractivity contribution is 6.31. The molecule has 0 radical (unpaired) electrons. The van der Waals surface area contributed by atoms with E-state index in [2.05, 4.69) is 28.7 Å². The van der Waals surface area contributed by atoms with E-state index in [0.29, 0.717) is 33.9 Å². The average molecular weight is 469 g/mol. The minimum absolute atomic E-state index is 0.105. The van der Waals surface area contributed by atoms with E-state index in [4.69, 9.17) is 16.3 Å². The summed E-state index contributed by atoms with van der Waals surface area (Å²) in [6, 6.07) is 12.7. The second kappa shape index (κ2) is 10.0. The van der Waals surface area contributed by atoms with Gasteiger partial charge in [-0.1, -0.05) is 23.7 Å². The van der Waals surface area contributed by atoms with Gasteiger partial charge < -0.3 is 14.6 Å². The maximum absolute atomic E-state index is 13.1. The third-order valence-corrected chi connectivity index (χ3v) is 6.06. The van der Waals surface area contributed by atoms with Crippen LogP contribution in [0.25, 0.3) is 10.9 Å². The molecule has 1 aliphatic heterocycles. The number of fused-ring (bicyclic) bond motifs is 1. The van der Waals surface area contributed by atoms with Gasteiger partial charge in [-0.05, 0) is 56.7 Å². The number of hydrogen-bond donors (Lipinski definition) is 1. The van der Waals surface area contributed by atoms with E-state index >= 15 is 0 Å². The first kappa shape index (κ1) is 23.4. The first-order valence-electron chi connectivity index (χ1n) is 11.3. The predicted molar refractivity (Wildman–Crippen MR) is 130 cm³/mol. The fourth-order valence-corrected chi connectivity index (χ4v) is 4.52. The number of nitrogens with one attached hydrogen (secondary N) is 1. The Bertz CT molecular complexity index is 1180. The molecule has 2 heterocycles. The Labute approximate surface area is 198 Å². The summed E-state index contributed by atoms with van der Waals surface area (Å²) in [6.07, 6.45) is 0.442. The van der Waals surface area contributed by atoms with Crippen LogP contribution in [0, 0.1) is 0 Å². The summed E-state index contributed by atoms with van der Waals surface area (Å²) in [5.41, 5.74) is 2.04. The summed E-state index contributed by atoms with van der Waals surface area (Å²) in [5, 5.41) is 0.980. The first-order chi connectivity index (χ1) is 15.8. The van der Waals surface area contributed by atoms with Gasteiger partial charge in [0, 0.05) is 36.8 Å². The molecule has 0 spiro atoms. The van der Waals surface area contributed by atoms with E-state index in [1.807, 2.05) is 31.2 Å². The second-order valence-electron chi connectivity index (χ2n) is 8.64. The van der Waals surface area contributed by atoms with E-state index in [9.17, 15) is 9.59 Å². The van der Waals surface area contributed by atoms with E-state index in [-0.39, 0.29) is 30.2 Å². The van der Waals surface area contributed by atoms with Gasteiger partial charge in [0.2, 0.25) is 0 Å². The largest absolute Gasteiger partial charge is 0.373 e. The van der Waals surface area contributed by atoms with Crippen molar-refractivity contribution < 1.29 is 9.53 Å². The number of rotatable bonds is 6. The molecule has 1 aliphatic rings. The zero-order valence-electron chi connectivity index (χ0n) is 19.2. The first-order valence-corrected chi connectivity index (χ1v) is 11.6. The van der Waals surface area contributed by atoms with E-state index in [1.165, 1.54) is 0 Å². The third-order valence-electron chi connectivity index (χ3n) is 5.83. The minimum atomic E-state index is -0.244. The van der Waals surface area contributed by atoms with Gasteiger partial charge in [-0.15, -0.1) is 0 Å². The number of halogens is 1. The molecule has 0 unspecified atom stereocenters. The fraction of sp³-hybridized carbons (Fsp3) is 0.400. The number of H-pyrrole nitrogens is 1. The van der Waals surface area contributed by atoms with Crippen molar-refractivity contribution in [2.45, 2.75) is 46.1 Å². The molecule has 1 N–H and O–H groups in total. The molecule has 33 heavy (non-hydrogen) atoms. The van der Waals surface area contributed by atoms with E-state index < -0.39 is 0 Å². The van der Waals surface area contributed by atoms with Crippen molar-refractivity contribution in [1.29, 1.82) is 0 Å². The molecule has 8 heteroatoms. The number of nitrogens with zero attached hydrogens (tertiary/aromatic N) is 3. The van der Waals surface area contributed by atoms with Gasteiger partial charge in [0.15, 0.2) is 0 Å². The Kier molecular flexibility index (Phi) is 7.12. The van der Waals surface area contributed by atoms with Crippen LogP contribution in [0.2, 0.25) is 5.02 Å². The smallest absolute Gasteiger partial charge is 0.258 e. The van der Waals surface area contributed by atoms with Crippen LogP contribution in [0.1, 0.15) is 42.5 Å². The number of aromatic nitrogens is 2. The summed E-state index contributed by atoms with van der Waals surface area (Å²) >= 11 is 6.05. The van der Waals surface area contributed by atoms with Crippen LogP contribution in [-0.4, -0.2) is 57.5 Å². The Hall–Kier alpha value is -2.74. The molecule has 1 aromatic heterocycles. The summed E-state index contributed by atoms with van der Waals surface area (Å²) in [5.74, 6) is 0.323. The zero-order chi connectivity index (χ0) is 23.5. The standard InChI is InChI=1S/C25H29ClN4O3/c1-4-30(15-23-27-22-11-20(26)9-10-21(22)24(31)28-23)25(32)19-7-5-18(6-8-19)14-29-12-16(2)33-17(3)13-29/h5-11,16-17H,4,12-15H2,1-3H3,(H,27,28,31)/t16-,17+. The van der Waals surface area contributed by atoms with E-state index in [1.54, 1.807) is 23.1 Å². The van der Waals surface area contributed by atoms with Crippen LogP contribution < -0.4 is 5.56 Å². The van der Waals surface area contributed by atoms with Crippen molar-refractivity contribution in [2.75, 3.05) is 19.6 Å². The number of benzene rings is 2. The molecule has 7 nitrogen and oxygen atoms in total. The van der Waals surface area contributed by atoms with Gasteiger partial charge in [-0.2, -0.15) is 0 Å². The van der Waals surface area contributed by atoms with Gasteiger partial charge in [0.1, 0.15) is 5.82 Å². The number of aromatic amines is 1. The number of amides is 1. The van der Waals surface area contributed by atoms with Crippen LogP contribution in [0.4, 0.5) is 0 Å². The highest BCUT2D eigenvalue weighted by Gasteiger charge is 2.22. The molecule has 1 amide bonds. The molecule has 174 valence electrons. The molecule has 2 aromatic carbocycles. The molecule has 2 atom stereocenters. The molecule has 3 aromatic rings. The van der Waals surface area contributed by atoms with Crippen molar-refractivity contribution in [3.63, 3.8) is 0 Å². The average Bonchev–Trinajstić information content (AvgIpc) is 2.76. The summed E-state index contributed by atoms with van der Waals surface area (Å²) < 4.78 is 5.80. The number of carbonyl (C=O) groups excluding carboxylic acids is 1. The number of ether oxygens (including phenoxy) is 1. The van der Waals surface area contributed by atoms with Crippen molar-refractivity contribution >= 4 is 28.4 Å². The molecule has 0 saturated carbocycles. The molecule has 1 fully saturated rings. The minimum Gasteiger partial charge on any atom is -0.373 e. The Balaban J connectivity index is 1.46. The number of carbonyl (C=O) groups is 1. The van der Waals surface area contributed by atoms with Crippen molar-refractivity contribution in [3.8, 4) is 0 Å². The highest BCUT2D eigenvalue weighted by atomic mass is 35.5. The molecular weight excluding hydrogens is 440 g/mol. The lowest BCUT2D eigenvalue weighted by Gasteiger charge is -2.35. The molecule has 1 saturated heterocycles. The lowest BCUT2D eigenvalue weighted by Crippen LogP contribution is -2.44. The Morgan fingerprint density at radius 3 is 2.55 bits per heavy atom. The zero-order valence-corrected chi connectivity index (χ0v) is 19.9. The summed E-state index contributed by atoms with van der Waals surface area (Å²) in [6.45, 7) is 9.41. The topological polar surface area (TPSA) is 78.5 Å². The van der Waals surface area contributed by atoms with Crippen molar-refractivity contribution in [3.05, 3.63) is 74.8 Å². The van der Waals surface area contributed by atoms with Gasteiger partial charge >= 0.3 is 0 Å². The van der Waals surface area contributed by atoms with Gasteiger partial charge in [0.25, 0.3) is 11.5 Å². The van der Waals surface area contributed by atoms with Crippen LogP contribution >= 0.6 is 11.6 Å². The highest BCUT2D eigenvalue weighted by Crippen LogP contribution is 2.17. The fourth-order valence-electron chi connectivity index (χ4n) is 4.35. The van der Waals surface area contributed by atoms with Gasteiger partial charge in [0.05, 0.1) is 29.7 Å². The number of hydrogen-bond acceptors (Lipinski definition) is 5. The van der Waals surface area contributed by atoms with Crippen molar-refractivity contribution in [1.82, 2.24) is 19.8 Å². The second-order valence-corrected chi connectivity index (χ2v) is 9.08.